The molecule has 3 heterocycles. The van der Waals surface area contributed by atoms with Crippen LogP contribution in [0.2, 0.25) is 0 Å². The molecule has 0 aromatic carbocycles. The van der Waals surface area contributed by atoms with E-state index >= 15 is 0 Å². The van der Waals surface area contributed by atoms with Crippen LogP contribution in [0.15, 0.2) is 18.5 Å². The molecule has 24 heavy (non-hydrogen) atoms. The standard InChI is InChI=1S/C18H29N5O/c1-14-6-4-7-15(2)23(14)17(24)16(3)21-10-12-22(13-11-21)18-19-8-5-9-20-18/h5,8-9,14-16H,4,6-7,10-13H2,1-3H3/p+1/t14-,15-,16+/m0/s1. The first kappa shape index (κ1) is 17.1. The van der Waals surface area contributed by atoms with Crippen molar-refractivity contribution in [2.24, 2.45) is 0 Å². The molecule has 3 atom stereocenters. The van der Waals surface area contributed by atoms with Gasteiger partial charge >= 0.3 is 0 Å². The molecule has 3 rings (SSSR count). The summed E-state index contributed by atoms with van der Waals surface area (Å²) in [5.41, 5.74) is 0. The Labute approximate surface area is 144 Å². The van der Waals surface area contributed by atoms with E-state index in [1.807, 2.05) is 6.07 Å². The van der Waals surface area contributed by atoms with Crippen molar-refractivity contribution in [1.82, 2.24) is 14.9 Å². The lowest BCUT2D eigenvalue weighted by atomic mass is 9.96. The molecule has 0 radical (unpaired) electrons. The number of nitrogens with zero attached hydrogens (tertiary/aromatic N) is 4. The lowest BCUT2D eigenvalue weighted by Gasteiger charge is -2.42. The van der Waals surface area contributed by atoms with Crippen LogP contribution in [0.4, 0.5) is 5.95 Å². The number of anilines is 1. The van der Waals surface area contributed by atoms with Gasteiger partial charge in [0, 0.05) is 24.5 Å². The molecule has 2 aliphatic rings. The molecule has 1 amide bonds. The summed E-state index contributed by atoms with van der Waals surface area (Å²) >= 11 is 0. The predicted molar refractivity (Wildman–Crippen MR) is 94.0 cm³/mol. The van der Waals surface area contributed by atoms with Crippen LogP contribution in [-0.2, 0) is 4.79 Å². The van der Waals surface area contributed by atoms with Crippen LogP contribution in [0.3, 0.4) is 0 Å². The number of rotatable bonds is 3. The summed E-state index contributed by atoms with van der Waals surface area (Å²) in [6.07, 6.45) is 7.08. The van der Waals surface area contributed by atoms with Gasteiger partial charge < -0.3 is 14.7 Å². The first-order valence-electron chi connectivity index (χ1n) is 9.26. The zero-order valence-electron chi connectivity index (χ0n) is 15.1. The minimum atomic E-state index is 0.0341. The average molecular weight is 332 g/mol. The molecular weight excluding hydrogens is 302 g/mol. The van der Waals surface area contributed by atoms with E-state index in [4.69, 9.17) is 0 Å². The molecule has 0 bridgehead atoms. The van der Waals surface area contributed by atoms with Crippen LogP contribution in [0.1, 0.15) is 40.0 Å². The van der Waals surface area contributed by atoms with Gasteiger partial charge in [-0.25, -0.2) is 9.97 Å². The number of carbonyl (C=O) groups excluding carboxylic acids is 1. The summed E-state index contributed by atoms with van der Waals surface area (Å²) in [7, 11) is 0. The number of likely N-dealkylation sites (tertiary alicyclic amines) is 1. The first-order chi connectivity index (χ1) is 11.6. The SMILES string of the molecule is C[C@H](C(=O)N1[C@@H](C)CCC[C@@H]1C)[NH+]1CCN(c2ncccn2)CC1. The Balaban J connectivity index is 1.58. The minimum Gasteiger partial charge on any atom is -0.332 e. The van der Waals surface area contributed by atoms with Crippen LogP contribution in [0.5, 0.6) is 0 Å². The highest BCUT2D eigenvalue weighted by molar-refractivity contribution is 5.80. The third-order valence-corrected chi connectivity index (χ3v) is 5.67. The highest BCUT2D eigenvalue weighted by Gasteiger charge is 2.37. The van der Waals surface area contributed by atoms with Gasteiger partial charge in [-0.2, -0.15) is 0 Å². The summed E-state index contributed by atoms with van der Waals surface area (Å²) in [6, 6.07) is 2.63. The monoisotopic (exact) mass is 332 g/mol. The number of hydrogen-bond donors (Lipinski definition) is 1. The zero-order valence-corrected chi connectivity index (χ0v) is 15.1. The van der Waals surface area contributed by atoms with Crippen molar-refractivity contribution in [2.45, 2.75) is 58.2 Å². The molecule has 0 saturated carbocycles. The maximum absolute atomic E-state index is 13.0. The van der Waals surface area contributed by atoms with Crippen LogP contribution < -0.4 is 9.80 Å². The van der Waals surface area contributed by atoms with E-state index in [2.05, 4.69) is 40.5 Å². The molecule has 0 unspecified atom stereocenters. The van der Waals surface area contributed by atoms with E-state index in [0.29, 0.717) is 18.0 Å². The predicted octanol–water partition coefficient (Wildman–Crippen LogP) is 0.360. The van der Waals surface area contributed by atoms with Crippen molar-refractivity contribution in [3.8, 4) is 0 Å². The fourth-order valence-electron chi connectivity index (χ4n) is 4.14. The molecule has 0 aliphatic carbocycles. The van der Waals surface area contributed by atoms with Gasteiger partial charge in [-0.15, -0.1) is 0 Å². The second-order valence-electron chi connectivity index (χ2n) is 7.29. The number of quaternary nitrogens is 1. The lowest BCUT2D eigenvalue weighted by molar-refractivity contribution is -0.915. The highest BCUT2D eigenvalue weighted by Crippen LogP contribution is 2.22. The van der Waals surface area contributed by atoms with Crippen molar-refractivity contribution in [3.05, 3.63) is 18.5 Å². The Morgan fingerprint density at radius 1 is 1.17 bits per heavy atom. The van der Waals surface area contributed by atoms with E-state index in [-0.39, 0.29) is 6.04 Å². The summed E-state index contributed by atoms with van der Waals surface area (Å²) in [5, 5.41) is 0. The Morgan fingerprint density at radius 2 is 1.75 bits per heavy atom. The summed E-state index contributed by atoms with van der Waals surface area (Å²) in [4.78, 5) is 27.4. The molecule has 0 spiro atoms. The molecule has 6 nitrogen and oxygen atoms in total. The van der Waals surface area contributed by atoms with Gasteiger partial charge in [-0.05, 0) is 46.1 Å². The number of hydrogen-bond acceptors (Lipinski definition) is 4. The largest absolute Gasteiger partial charge is 0.332 e. The fraction of sp³-hybridized carbons (Fsp3) is 0.722. The van der Waals surface area contributed by atoms with Gasteiger partial charge in [0.15, 0.2) is 6.04 Å². The van der Waals surface area contributed by atoms with Crippen LogP contribution >= 0.6 is 0 Å². The number of piperidine rings is 1. The quantitative estimate of drug-likeness (QED) is 0.868. The molecule has 1 N–H and O–H groups in total. The molecule has 1 aromatic rings. The normalized spacial score (nSPS) is 27.1. The molecule has 2 saturated heterocycles. The van der Waals surface area contributed by atoms with Crippen molar-refractivity contribution in [3.63, 3.8) is 0 Å². The number of amides is 1. The number of carbonyl (C=O) groups is 1. The van der Waals surface area contributed by atoms with E-state index < -0.39 is 0 Å². The van der Waals surface area contributed by atoms with Gasteiger partial charge in [-0.1, -0.05) is 0 Å². The van der Waals surface area contributed by atoms with E-state index in [0.717, 1.165) is 45.0 Å². The van der Waals surface area contributed by atoms with E-state index in [9.17, 15) is 4.79 Å². The maximum atomic E-state index is 13.0. The molecule has 132 valence electrons. The second kappa shape index (κ2) is 7.47. The third-order valence-electron chi connectivity index (χ3n) is 5.67. The number of nitrogens with one attached hydrogen (secondary N) is 1. The number of aromatic nitrogens is 2. The van der Waals surface area contributed by atoms with E-state index in [1.54, 1.807) is 12.4 Å². The maximum Gasteiger partial charge on any atom is 0.281 e. The average Bonchev–Trinajstić information content (AvgIpc) is 2.62. The first-order valence-corrected chi connectivity index (χ1v) is 9.26. The van der Waals surface area contributed by atoms with Gasteiger partial charge in [0.25, 0.3) is 5.91 Å². The van der Waals surface area contributed by atoms with Crippen LogP contribution in [-0.4, -0.2) is 65.1 Å². The minimum absolute atomic E-state index is 0.0341. The van der Waals surface area contributed by atoms with Gasteiger partial charge in [-0.3, -0.25) is 4.79 Å². The lowest BCUT2D eigenvalue weighted by Crippen LogP contribution is -3.19. The second-order valence-corrected chi connectivity index (χ2v) is 7.29. The van der Waals surface area contributed by atoms with Gasteiger partial charge in [0.1, 0.15) is 0 Å². The number of piperazine rings is 1. The summed E-state index contributed by atoms with van der Waals surface area (Å²) in [6.45, 7) is 10.2. The smallest absolute Gasteiger partial charge is 0.281 e. The van der Waals surface area contributed by atoms with E-state index in [1.165, 1.54) is 11.3 Å². The van der Waals surface area contributed by atoms with Gasteiger partial charge in [0.05, 0.1) is 26.2 Å². The molecule has 1 aromatic heterocycles. The zero-order chi connectivity index (χ0) is 17.1. The summed E-state index contributed by atoms with van der Waals surface area (Å²) < 4.78 is 0. The Bertz CT molecular complexity index is 534. The molecule has 2 fully saturated rings. The molecular formula is C18H30N5O+. The van der Waals surface area contributed by atoms with Gasteiger partial charge in [0.2, 0.25) is 5.95 Å². The van der Waals surface area contributed by atoms with Crippen molar-refractivity contribution >= 4 is 11.9 Å². The van der Waals surface area contributed by atoms with Crippen LogP contribution in [0.25, 0.3) is 0 Å². The molecule has 2 aliphatic heterocycles. The topological polar surface area (TPSA) is 53.8 Å². The van der Waals surface area contributed by atoms with Crippen molar-refractivity contribution in [2.75, 3.05) is 31.1 Å². The van der Waals surface area contributed by atoms with Crippen LogP contribution in [0, 0.1) is 0 Å². The highest BCUT2D eigenvalue weighted by atomic mass is 16.2. The molecule has 6 heteroatoms. The fourth-order valence-corrected chi connectivity index (χ4v) is 4.14. The summed E-state index contributed by atoms with van der Waals surface area (Å²) in [5.74, 6) is 1.13. The third kappa shape index (κ3) is 3.53. The van der Waals surface area contributed by atoms with Crippen molar-refractivity contribution < 1.29 is 9.69 Å². The Kier molecular flexibility index (Phi) is 5.33. The Hall–Kier alpha value is -1.69. The Morgan fingerprint density at radius 3 is 2.33 bits per heavy atom. The van der Waals surface area contributed by atoms with Crippen molar-refractivity contribution in [1.29, 1.82) is 0 Å².